The predicted molar refractivity (Wildman–Crippen MR) is 148 cm³/mol. The van der Waals surface area contributed by atoms with E-state index in [1.54, 1.807) is 0 Å². The zero-order chi connectivity index (χ0) is 24.9. The van der Waals surface area contributed by atoms with Gasteiger partial charge in [0.05, 0.1) is 33.9 Å². The number of benzene rings is 5. The summed E-state index contributed by atoms with van der Waals surface area (Å²) < 4.78 is 2.12. The third-order valence-electron chi connectivity index (χ3n) is 7.67. The van der Waals surface area contributed by atoms with Crippen LogP contribution in [0.1, 0.15) is 33.7 Å². The number of nitriles is 2. The number of aromatic nitrogens is 1. The van der Waals surface area contributed by atoms with Gasteiger partial charge in [-0.05, 0) is 58.5 Å². The Morgan fingerprint density at radius 1 is 0.595 bits per heavy atom. The molecular formula is C34H21N3. The highest BCUT2D eigenvalue weighted by atomic mass is 15.0. The summed E-state index contributed by atoms with van der Waals surface area (Å²) >= 11 is 0. The summed E-state index contributed by atoms with van der Waals surface area (Å²) in [4.78, 5) is 0. The number of para-hydroxylation sites is 2. The Hall–Kier alpha value is -5.12. The third-order valence-corrected chi connectivity index (χ3v) is 7.67. The first-order valence-electron chi connectivity index (χ1n) is 12.4. The van der Waals surface area contributed by atoms with Crippen LogP contribution in [-0.2, 0) is 6.42 Å². The second kappa shape index (κ2) is 8.23. The van der Waals surface area contributed by atoms with E-state index in [-0.39, 0.29) is 5.92 Å². The molecule has 6 aromatic rings. The maximum Gasteiger partial charge on any atom is 0.101 e. The zero-order valence-electron chi connectivity index (χ0n) is 20.0. The minimum atomic E-state index is 0.144. The summed E-state index contributed by atoms with van der Waals surface area (Å²) in [5, 5.41) is 22.8. The molecule has 0 fully saturated rings. The average Bonchev–Trinajstić information content (AvgIpc) is 3.46. The Morgan fingerprint density at radius 2 is 1.11 bits per heavy atom. The highest BCUT2D eigenvalue weighted by Crippen LogP contribution is 2.46. The van der Waals surface area contributed by atoms with E-state index >= 15 is 0 Å². The van der Waals surface area contributed by atoms with Gasteiger partial charge in [-0.15, -0.1) is 0 Å². The molecule has 0 spiro atoms. The molecular weight excluding hydrogens is 450 g/mol. The van der Waals surface area contributed by atoms with E-state index in [2.05, 4.69) is 89.5 Å². The molecule has 0 radical (unpaired) electrons. The summed E-state index contributed by atoms with van der Waals surface area (Å²) in [7, 11) is 0. The molecule has 5 aromatic carbocycles. The van der Waals surface area contributed by atoms with Crippen molar-refractivity contribution in [2.45, 2.75) is 12.3 Å². The van der Waals surface area contributed by atoms with E-state index in [0.717, 1.165) is 33.1 Å². The number of fused-ring (bicyclic) bond motifs is 6. The van der Waals surface area contributed by atoms with Crippen molar-refractivity contribution in [3.63, 3.8) is 0 Å². The summed E-state index contributed by atoms with van der Waals surface area (Å²) in [5.74, 6) is 0.144. The van der Waals surface area contributed by atoms with Gasteiger partial charge in [0.1, 0.15) is 6.07 Å². The molecule has 0 atom stereocenters. The number of rotatable bonds is 3. The Kier molecular flexibility index (Phi) is 4.71. The zero-order valence-corrected chi connectivity index (χ0v) is 20.0. The number of nitrogens with zero attached hydrogens (tertiary/aromatic N) is 3. The first-order chi connectivity index (χ1) is 18.3. The fourth-order valence-electron chi connectivity index (χ4n) is 6.06. The molecule has 1 aromatic heterocycles. The van der Waals surface area contributed by atoms with Gasteiger partial charge in [0.15, 0.2) is 0 Å². The first-order valence-corrected chi connectivity index (χ1v) is 12.4. The molecule has 3 heteroatoms. The van der Waals surface area contributed by atoms with Gasteiger partial charge in [0, 0.05) is 16.7 Å². The van der Waals surface area contributed by atoms with E-state index in [1.165, 1.54) is 22.3 Å². The van der Waals surface area contributed by atoms with Crippen LogP contribution in [0.4, 0.5) is 0 Å². The molecule has 0 aliphatic heterocycles. The lowest BCUT2D eigenvalue weighted by Gasteiger charge is -2.17. The van der Waals surface area contributed by atoms with Gasteiger partial charge >= 0.3 is 0 Å². The molecule has 0 unspecified atom stereocenters. The smallest absolute Gasteiger partial charge is 0.101 e. The van der Waals surface area contributed by atoms with Crippen LogP contribution >= 0.6 is 0 Å². The van der Waals surface area contributed by atoms with Crippen molar-refractivity contribution in [2.24, 2.45) is 0 Å². The van der Waals surface area contributed by atoms with E-state index in [1.807, 2.05) is 36.4 Å². The Morgan fingerprint density at radius 3 is 1.68 bits per heavy atom. The highest BCUT2D eigenvalue weighted by molar-refractivity contribution is 6.09. The average molecular weight is 472 g/mol. The third kappa shape index (κ3) is 3.12. The SMILES string of the molecule is N#Cc1cc(-n2c3ccccc3c3ccccc32)c(C#N)cc1CC1c2ccccc2-c2ccccc21. The van der Waals surface area contributed by atoms with Gasteiger partial charge in [-0.1, -0.05) is 84.9 Å². The topological polar surface area (TPSA) is 52.5 Å². The molecule has 0 N–H and O–H groups in total. The number of hydrogen-bond donors (Lipinski definition) is 0. The lowest BCUT2D eigenvalue weighted by Crippen LogP contribution is -2.06. The normalized spacial score (nSPS) is 12.3. The summed E-state index contributed by atoms with van der Waals surface area (Å²) in [6.45, 7) is 0. The molecule has 7 rings (SSSR count). The standard InChI is InChI=1S/C34H21N3/c35-20-23-19-34(37-32-15-7-5-13-29(32)30-14-6-8-16-33(30)37)24(21-36)17-22(23)18-31-27-11-3-1-9-25(27)26-10-2-4-12-28(26)31/h1-17,19,31H,18H2. The fraction of sp³-hybridized carbons (Fsp3) is 0.0588. The van der Waals surface area contributed by atoms with Crippen LogP contribution in [0.5, 0.6) is 0 Å². The predicted octanol–water partition coefficient (Wildman–Crippen LogP) is 7.88. The lowest BCUT2D eigenvalue weighted by atomic mass is 9.87. The van der Waals surface area contributed by atoms with Gasteiger partial charge in [0.2, 0.25) is 0 Å². The molecule has 37 heavy (non-hydrogen) atoms. The van der Waals surface area contributed by atoms with Crippen molar-refractivity contribution < 1.29 is 0 Å². The van der Waals surface area contributed by atoms with Crippen LogP contribution in [0.25, 0.3) is 38.6 Å². The second-order valence-electron chi connectivity index (χ2n) is 9.55. The largest absolute Gasteiger partial charge is 0.308 e. The minimum Gasteiger partial charge on any atom is -0.308 e. The minimum absolute atomic E-state index is 0.144. The van der Waals surface area contributed by atoms with E-state index in [9.17, 15) is 10.5 Å². The molecule has 1 aliphatic rings. The first kappa shape index (κ1) is 21.2. The molecule has 3 nitrogen and oxygen atoms in total. The van der Waals surface area contributed by atoms with Crippen LogP contribution in [0.15, 0.2) is 109 Å². The van der Waals surface area contributed by atoms with E-state index in [4.69, 9.17) is 0 Å². The molecule has 172 valence electrons. The van der Waals surface area contributed by atoms with Gasteiger partial charge in [0.25, 0.3) is 0 Å². The summed E-state index contributed by atoms with van der Waals surface area (Å²) in [6, 6.07) is 42.2. The molecule has 1 heterocycles. The van der Waals surface area contributed by atoms with Gasteiger partial charge < -0.3 is 4.57 Å². The van der Waals surface area contributed by atoms with Crippen molar-refractivity contribution in [1.29, 1.82) is 10.5 Å². The summed E-state index contributed by atoms with van der Waals surface area (Å²) in [5.41, 5.74) is 9.93. The van der Waals surface area contributed by atoms with Gasteiger partial charge in [-0.3, -0.25) is 0 Å². The van der Waals surface area contributed by atoms with E-state index in [0.29, 0.717) is 17.5 Å². The lowest BCUT2D eigenvalue weighted by molar-refractivity contribution is 0.824. The Labute approximate surface area is 215 Å². The van der Waals surface area contributed by atoms with Crippen LogP contribution in [-0.4, -0.2) is 4.57 Å². The van der Waals surface area contributed by atoms with Crippen LogP contribution in [0, 0.1) is 22.7 Å². The molecule has 1 aliphatic carbocycles. The van der Waals surface area contributed by atoms with Crippen molar-refractivity contribution in [3.05, 3.63) is 137 Å². The Bertz CT molecular complexity index is 1850. The highest BCUT2D eigenvalue weighted by Gasteiger charge is 2.29. The van der Waals surface area contributed by atoms with Crippen molar-refractivity contribution in [3.8, 4) is 29.0 Å². The molecule has 0 saturated carbocycles. The maximum atomic E-state index is 10.3. The van der Waals surface area contributed by atoms with Gasteiger partial charge in [-0.25, -0.2) is 0 Å². The molecule has 0 saturated heterocycles. The molecule has 0 bridgehead atoms. The van der Waals surface area contributed by atoms with Crippen LogP contribution < -0.4 is 0 Å². The second-order valence-corrected chi connectivity index (χ2v) is 9.55. The monoisotopic (exact) mass is 471 g/mol. The van der Waals surface area contributed by atoms with Crippen molar-refractivity contribution in [2.75, 3.05) is 0 Å². The molecule has 0 amide bonds. The fourth-order valence-corrected chi connectivity index (χ4v) is 6.06. The van der Waals surface area contributed by atoms with Crippen LogP contribution in [0.3, 0.4) is 0 Å². The summed E-state index contributed by atoms with van der Waals surface area (Å²) in [6.07, 6.45) is 0.666. The van der Waals surface area contributed by atoms with E-state index < -0.39 is 0 Å². The Balaban J connectivity index is 1.42. The van der Waals surface area contributed by atoms with Crippen molar-refractivity contribution >= 4 is 21.8 Å². The number of hydrogen-bond acceptors (Lipinski definition) is 2. The maximum absolute atomic E-state index is 10.3. The van der Waals surface area contributed by atoms with Crippen molar-refractivity contribution in [1.82, 2.24) is 4.57 Å². The van der Waals surface area contributed by atoms with Crippen LogP contribution in [0.2, 0.25) is 0 Å². The van der Waals surface area contributed by atoms with Gasteiger partial charge in [-0.2, -0.15) is 10.5 Å². The quantitative estimate of drug-likeness (QED) is 0.264.